The Bertz CT molecular complexity index is 406. The first-order valence-corrected chi connectivity index (χ1v) is 11.0. The summed E-state index contributed by atoms with van der Waals surface area (Å²) in [5.41, 5.74) is -0.553. The lowest BCUT2D eigenvalue weighted by atomic mass is 10.2. The van der Waals surface area contributed by atoms with Crippen LogP contribution < -0.4 is 5.32 Å². The van der Waals surface area contributed by atoms with E-state index in [-0.39, 0.29) is 11.1 Å². The van der Waals surface area contributed by atoms with Crippen LogP contribution in [0, 0.1) is 0 Å². The molecule has 6 heteroatoms. The Labute approximate surface area is 142 Å². The molecular weight excluding hydrogens is 310 g/mol. The molecule has 0 aliphatic heterocycles. The first-order valence-electron chi connectivity index (χ1n) is 8.14. The lowest BCUT2D eigenvalue weighted by molar-refractivity contribution is 0.0499. The van der Waals surface area contributed by atoms with E-state index in [1.807, 2.05) is 20.8 Å². The van der Waals surface area contributed by atoms with Gasteiger partial charge in [0.05, 0.1) is 18.8 Å². The molecule has 136 valence electrons. The third-order valence-electron chi connectivity index (χ3n) is 3.75. The summed E-state index contributed by atoms with van der Waals surface area (Å²) in [6.07, 6.45) is 2.32. The van der Waals surface area contributed by atoms with E-state index >= 15 is 0 Å². The van der Waals surface area contributed by atoms with Crippen LogP contribution in [0.25, 0.3) is 0 Å². The summed E-state index contributed by atoms with van der Waals surface area (Å²) in [4.78, 5) is 12.0. The number of carbonyl (C=O) groups is 1. The topological polar surface area (TPSA) is 67.8 Å². The van der Waals surface area contributed by atoms with E-state index in [1.165, 1.54) is 0 Å². The van der Waals surface area contributed by atoms with Crippen molar-refractivity contribution in [3.63, 3.8) is 0 Å². The van der Waals surface area contributed by atoms with Gasteiger partial charge in [-0.2, -0.15) is 0 Å². The molecule has 0 aliphatic rings. The number of hydrogen-bond acceptors (Lipinski definition) is 4. The fourth-order valence-corrected chi connectivity index (χ4v) is 2.44. The second-order valence-corrected chi connectivity index (χ2v) is 13.3. The van der Waals surface area contributed by atoms with Crippen molar-refractivity contribution < 1.29 is 19.1 Å². The number of nitrogens with one attached hydrogen (secondary N) is 1. The lowest BCUT2D eigenvalue weighted by Gasteiger charge is -2.37. The first-order chi connectivity index (χ1) is 10.1. The normalized spacial score (nSPS) is 16.3. The molecule has 2 N–H and O–H groups in total. The highest BCUT2D eigenvalue weighted by molar-refractivity contribution is 6.74. The highest BCUT2D eigenvalue weighted by Gasteiger charge is 2.37. The average Bonchev–Trinajstić information content (AvgIpc) is 2.28. The minimum absolute atomic E-state index is 0.0947. The molecule has 0 aromatic heterocycles. The van der Waals surface area contributed by atoms with E-state index in [4.69, 9.17) is 9.16 Å². The number of alkyl carbamates (subject to hydrolysis) is 1. The molecular formula is C17H35NO4Si. The molecule has 0 bridgehead atoms. The van der Waals surface area contributed by atoms with Crippen LogP contribution >= 0.6 is 0 Å². The molecule has 0 fully saturated rings. The van der Waals surface area contributed by atoms with Crippen molar-refractivity contribution in [1.82, 2.24) is 5.32 Å². The van der Waals surface area contributed by atoms with Gasteiger partial charge in [0, 0.05) is 0 Å². The minimum Gasteiger partial charge on any atom is -0.444 e. The van der Waals surface area contributed by atoms with E-state index in [1.54, 1.807) is 19.1 Å². The first kappa shape index (κ1) is 22.1. The summed E-state index contributed by atoms with van der Waals surface area (Å²) >= 11 is 0. The van der Waals surface area contributed by atoms with E-state index in [0.717, 1.165) is 0 Å². The molecule has 0 aromatic rings. The molecule has 0 radical (unpaired) electrons. The van der Waals surface area contributed by atoms with E-state index < -0.39 is 26.1 Å². The van der Waals surface area contributed by atoms with Crippen LogP contribution in [0.15, 0.2) is 12.2 Å². The van der Waals surface area contributed by atoms with Crippen LogP contribution in [0.2, 0.25) is 18.1 Å². The van der Waals surface area contributed by atoms with Crippen LogP contribution in [0.4, 0.5) is 4.79 Å². The largest absolute Gasteiger partial charge is 0.444 e. The Balaban J connectivity index is 4.87. The number of ether oxygens (including phenoxy) is 1. The number of aliphatic hydroxyl groups is 1. The Morgan fingerprint density at radius 3 is 2.09 bits per heavy atom. The molecule has 2 atom stereocenters. The maximum atomic E-state index is 12.0. The molecule has 0 aliphatic carbocycles. The molecule has 23 heavy (non-hydrogen) atoms. The molecule has 0 heterocycles. The van der Waals surface area contributed by atoms with Gasteiger partial charge in [-0.25, -0.2) is 4.79 Å². The third-order valence-corrected chi connectivity index (χ3v) is 8.25. The standard InChI is InChI=1S/C17H35NO4Si/c1-13(19)10-11-14(18-15(20)22-16(2,3)4)12-21-23(8,9)17(5,6)7/h10-11,13-14,19H,12H2,1-9H3,(H,18,20)/b11-10-/t13-,14-/m1/s1. The SMILES string of the molecule is C[C@@H](O)/C=C\[C@H](CO[Si](C)(C)C(C)(C)C)NC(=O)OC(C)(C)C. The van der Waals surface area contributed by atoms with Gasteiger partial charge in [-0.1, -0.05) is 32.9 Å². The Morgan fingerprint density at radius 2 is 1.70 bits per heavy atom. The number of rotatable bonds is 6. The van der Waals surface area contributed by atoms with Crippen LogP contribution in [0.1, 0.15) is 48.5 Å². The Morgan fingerprint density at radius 1 is 1.17 bits per heavy atom. The molecule has 0 aromatic carbocycles. The monoisotopic (exact) mass is 345 g/mol. The van der Waals surface area contributed by atoms with Gasteiger partial charge in [0.25, 0.3) is 0 Å². The molecule has 0 unspecified atom stereocenters. The van der Waals surface area contributed by atoms with Gasteiger partial charge in [-0.3, -0.25) is 0 Å². The van der Waals surface area contributed by atoms with Crippen molar-refractivity contribution in [2.75, 3.05) is 6.61 Å². The Hall–Kier alpha value is -0.853. The van der Waals surface area contributed by atoms with Crippen molar-refractivity contribution in [2.24, 2.45) is 0 Å². The fraction of sp³-hybridized carbons (Fsp3) is 0.824. The van der Waals surface area contributed by atoms with Gasteiger partial charge < -0.3 is 19.6 Å². The number of hydrogen-bond donors (Lipinski definition) is 2. The summed E-state index contributed by atoms with van der Waals surface area (Å²) in [6, 6.07) is -0.339. The highest BCUT2D eigenvalue weighted by Crippen LogP contribution is 2.36. The summed E-state index contributed by atoms with van der Waals surface area (Å²) in [6.45, 7) is 18.3. The number of amides is 1. The van der Waals surface area contributed by atoms with Crippen LogP contribution in [0.5, 0.6) is 0 Å². The quantitative estimate of drug-likeness (QED) is 0.567. The van der Waals surface area contributed by atoms with Crippen molar-refractivity contribution in [1.29, 1.82) is 0 Å². The van der Waals surface area contributed by atoms with Gasteiger partial charge in [0.2, 0.25) is 0 Å². The van der Waals surface area contributed by atoms with Gasteiger partial charge in [0.1, 0.15) is 5.60 Å². The van der Waals surface area contributed by atoms with Crippen molar-refractivity contribution in [2.45, 2.75) is 84.3 Å². The van der Waals surface area contributed by atoms with Crippen molar-refractivity contribution in [3.8, 4) is 0 Å². The predicted molar refractivity (Wildman–Crippen MR) is 97.1 cm³/mol. The molecule has 0 rings (SSSR count). The van der Waals surface area contributed by atoms with Crippen LogP contribution in [0.3, 0.4) is 0 Å². The zero-order chi connectivity index (χ0) is 18.5. The smallest absolute Gasteiger partial charge is 0.408 e. The van der Waals surface area contributed by atoms with E-state index in [0.29, 0.717) is 6.61 Å². The minimum atomic E-state index is -1.91. The second kappa shape index (κ2) is 8.31. The summed E-state index contributed by atoms with van der Waals surface area (Å²) < 4.78 is 11.4. The maximum Gasteiger partial charge on any atom is 0.408 e. The number of carbonyl (C=O) groups excluding carboxylic acids is 1. The fourth-order valence-electron chi connectivity index (χ4n) is 1.41. The van der Waals surface area contributed by atoms with Gasteiger partial charge >= 0.3 is 6.09 Å². The predicted octanol–water partition coefficient (Wildman–Crippen LogP) is 3.84. The molecule has 1 amide bonds. The van der Waals surface area contributed by atoms with Crippen LogP contribution in [-0.4, -0.2) is 43.9 Å². The van der Waals surface area contributed by atoms with Crippen LogP contribution in [-0.2, 0) is 9.16 Å². The molecule has 5 nitrogen and oxygen atoms in total. The maximum absolute atomic E-state index is 12.0. The Kier molecular flexibility index (Phi) is 8.00. The lowest BCUT2D eigenvalue weighted by Crippen LogP contribution is -2.46. The van der Waals surface area contributed by atoms with E-state index in [9.17, 15) is 9.90 Å². The van der Waals surface area contributed by atoms with Gasteiger partial charge in [-0.05, 0) is 45.8 Å². The van der Waals surface area contributed by atoms with Gasteiger partial charge in [0.15, 0.2) is 8.32 Å². The van der Waals surface area contributed by atoms with Crippen molar-refractivity contribution >= 4 is 14.4 Å². The molecule has 0 spiro atoms. The zero-order valence-corrected chi connectivity index (χ0v) is 17.2. The van der Waals surface area contributed by atoms with Crippen molar-refractivity contribution in [3.05, 3.63) is 12.2 Å². The third kappa shape index (κ3) is 9.79. The molecule has 0 saturated heterocycles. The average molecular weight is 346 g/mol. The summed E-state index contributed by atoms with van der Waals surface area (Å²) in [5.74, 6) is 0. The summed E-state index contributed by atoms with van der Waals surface area (Å²) in [7, 11) is -1.91. The number of aliphatic hydroxyl groups excluding tert-OH is 1. The second-order valence-electron chi connectivity index (χ2n) is 8.45. The highest BCUT2D eigenvalue weighted by atomic mass is 28.4. The molecule has 0 saturated carbocycles. The van der Waals surface area contributed by atoms with E-state index in [2.05, 4.69) is 39.2 Å². The zero-order valence-electron chi connectivity index (χ0n) is 16.2. The summed E-state index contributed by atoms with van der Waals surface area (Å²) in [5, 5.41) is 12.3. The van der Waals surface area contributed by atoms with Gasteiger partial charge in [-0.15, -0.1) is 0 Å².